The van der Waals surface area contributed by atoms with Crippen LogP contribution in [0.1, 0.15) is 5.56 Å². The zero-order valence-electron chi connectivity index (χ0n) is 10.8. The summed E-state index contributed by atoms with van der Waals surface area (Å²) in [5, 5.41) is 3.26. The van der Waals surface area contributed by atoms with Crippen molar-refractivity contribution in [2.45, 2.75) is 17.4 Å². The molecule has 0 bridgehead atoms. The highest BCUT2D eigenvalue weighted by Gasteiger charge is 2.54. The van der Waals surface area contributed by atoms with E-state index in [0.717, 1.165) is 30.8 Å². The summed E-state index contributed by atoms with van der Waals surface area (Å²) >= 11 is 0. The molecule has 3 aliphatic rings. The Bertz CT molecular complexity index is 625. The van der Waals surface area contributed by atoms with E-state index in [4.69, 9.17) is 4.74 Å². The molecule has 0 spiro atoms. The first-order chi connectivity index (χ1) is 9.15. The zero-order chi connectivity index (χ0) is 13.0. The molecule has 2 fully saturated rings. The van der Waals surface area contributed by atoms with E-state index in [9.17, 15) is 8.42 Å². The van der Waals surface area contributed by atoms with Gasteiger partial charge in [-0.15, -0.1) is 12.4 Å². The summed E-state index contributed by atoms with van der Waals surface area (Å²) in [5.41, 5.74) is 0.987. The fourth-order valence-corrected chi connectivity index (χ4v) is 4.56. The fourth-order valence-electron chi connectivity index (χ4n) is 3.17. The number of fused-ring (bicyclic) bond motifs is 2. The number of nitrogens with one attached hydrogen (secondary N) is 2. The SMILES string of the molecule is Cl.O=S(=O)(NC1C2CNCC21)c1ccc2c(c1)CCO2. The number of rotatable bonds is 3. The second kappa shape index (κ2) is 4.87. The van der Waals surface area contributed by atoms with Crippen LogP contribution in [0.3, 0.4) is 0 Å². The number of sulfonamides is 1. The van der Waals surface area contributed by atoms with Crippen molar-refractivity contribution in [2.24, 2.45) is 11.8 Å². The van der Waals surface area contributed by atoms with E-state index in [1.54, 1.807) is 18.2 Å². The fraction of sp³-hybridized carbons (Fsp3) is 0.538. The van der Waals surface area contributed by atoms with Gasteiger partial charge in [0.25, 0.3) is 0 Å². The minimum absolute atomic E-state index is 0. The van der Waals surface area contributed by atoms with Gasteiger partial charge in [0.05, 0.1) is 11.5 Å². The Balaban J connectivity index is 0.00000121. The van der Waals surface area contributed by atoms with Gasteiger partial charge in [0, 0.05) is 12.5 Å². The molecule has 1 saturated carbocycles. The highest BCUT2D eigenvalue weighted by molar-refractivity contribution is 7.89. The summed E-state index contributed by atoms with van der Waals surface area (Å²) < 4.78 is 32.9. The average molecular weight is 317 g/mol. The Morgan fingerprint density at radius 1 is 1.25 bits per heavy atom. The van der Waals surface area contributed by atoms with Crippen molar-refractivity contribution < 1.29 is 13.2 Å². The van der Waals surface area contributed by atoms with Gasteiger partial charge in [0.1, 0.15) is 5.75 Å². The summed E-state index contributed by atoms with van der Waals surface area (Å²) in [5.74, 6) is 1.77. The maximum Gasteiger partial charge on any atom is 0.240 e. The van der Waals surface area contributed by atoms with E-state index in [1.165, 1.54) is 0 Å². The predicted molar refractivity (Wildman–Crippen MR) is 76.8 cm³/mol. The average Bonchev–Trinajstić information content (AvgIpc) is 2.85. The number of hydrogen-bond donors (Lipinski definition) is 2. The minimum atomic E-state index is -3.39. The highest BCUT2D eigenvalue weighted by atomic mass is 35.5. The molecule has 5 nitrogen and oxygen atoms in total. The van der Waals surface area contributed by atoms with E-state index >= 15 is 0 Å². The van der Waals surface area contributed by atoms with Crippen LogP contribution in [0.5, 0.6) is 5.75 Å². The van der Waals surface area contributed by atoms with Gasteiger partial charge < -0.3 is 10.1 Å². The van der Waals surface area contributed by atoms with Gasteiger partial charge >= 0.3 is 0 Å². The van der Waals surface area contributed by atoms with Crippen LogP contribution in [-0.4, -0.2) is 34.2 Å². The van der Waals surface area contributed by atoms with Crippen LogP contribution in [0.15, 0.2) is 23.1 Å². The third kappa shape index (κ3) is 2.20. The lowest BCUT2D eigenvalue weighted by Crippen LogP contribution is -2.32. The predicted octanol–water partition coefficient (Wildman–Crippen LogP) is 0.539. The van der Waals surface area contributed by atoms with Gasteiger partial charge in [0.15, 0.2) is 0 Å². The topological polar surface area (TPSA) is 67.4 Å². The van der Waals surface area contributed by atoms with Crippen LogP contribution in [0.4, 0.5) is 0 Å². The molecule has 2 heterocycles. The van der Waals surface area contributed by atoms with Crippen LogP contribution in [0.25, 0.3) is 0 Å². The lowest BCUT2D eigenvalue weighted by molar-refractivity contribution is 0.356. The molecule has 1 saturated heterocycles. The number of ether oxygens (including phenoxy) is 1. The van der Waals surface area contributed by atoms with Crippen LogP contribution in [-0.2, 0) is 16.4 Å². The largest absolute Gasteiger partial charge is 0.493 e. The lowest BCUT2D eigenvalue weighted by Gasteiger charge is -2.09. The normalized spacial score (nSPS) is 30.1. The molecule has 110 valence electrons. The number of hydrogen-bond acceptors (Lipinski definition) is 4. The monoisotopic (exact) mass is 316 g/mol. The summed E-state index contributed by atoms with van der Waals surface area (Å²) in [6, 6.07) is 5.24. The van der Waals surface area contributed by atoms with Crippen LogP contribution in [0, 0.1) is 11.8 Å². The van der Waals surface area contributed by atoms with Gasteiger partial charge in [-0.05, 0) is 48.7 Å². The molecule has 4 rings (SSSR count). The molecule has 20 heavy (non-hydrogen) atoms. The van der Waals surface area contributed by atoms with Gasteiger partial charge in [-0.25, -0.2) is 13.1 Å². The summed E-state index contributed by atoms with van der Waals surface area (Å²) in [4.78, 5) is 0.356. The zero-order valence-corrected chi connectivity index (χ0v) is 12.5. The molecular formula is C13H17ClN2O3S. The molecule has 1 aromatic rings. The molecule has 0 radical (unpaired) electrons. The minimum Gasteiger partial charge on any atom is -0.493 e. The van der Waals surface area contributed by atoms with E-state index in [1.807, 2.05) is 0 Å². The lowest BCUT2D eigenvalue weighted by atomic mass is 10.2. The molecule has 0 amide bonds. The van der Waals surface area contributed by atoms with E-state index in [0.29, 0.717) is 23.3 Å². The Labute approximate surface area is 124 Å². The van der Waals surface area contributed by atoms with Crippen LogP contribution >= 0.6 is 12.4 Å². The van der Waals surface area contributed by atoms with Crippen molar-refractivity contribution in [3.8, 4) is 5.75 Å². The smallest absolute Gasteiger partial charge is 0.240 e. The standard InChI is InChI=1S/C13H16N2O3S.ClH/c16-19(17,15-13-10-6-14-7-11(10)13)9-1-2-12-8(5-9)3-4-18-12;/h1-2,5,10-11,13-15H,3-4,6-7H2;1H. The molecule has 7 heteroatoms. The van der Waals surface area contributed by atoms with Gasteiger partial charge in [0.2, 0.25) is 10.0 Å². The third-order valence-electron chi connectivity index (χ3n) is 4.35. The van der Waals surface area contributed by atoms with Crippen molar-refractivity contribution in [3.05, 3.63) is 23.8 Å². The number of benzene rings is 1. The molecule has 0 aromatic heterocycles. The van der Waals surface area contributed by atoms with Gasteiger partial charge in [-0.2, -0.15) is 0 Å². The third-order valence-corrected chi connectivity index (χ3v) is 5.81. The van der Waals surface area contributed by atoms with Crippen LogP contribution < -0.4 is 14.8 Å². The first kappa shape index (κ1) is 14.1. The molecule has 1 aromatic carbocycles. The van der Waals surface area contributed by atoms with Gasteiger partial charge in [-0.3, -0.25) is 0 Å². The van der Waals surface area contributed by atoms with Gasteiger partial charge in [-0.1, -0.05) is 0 Å². The van der Waals surface area contributed by atoms with E-state index in [2.05, 4.69) is 10.0 Å². The molecule has 2 atom stereocenters. The summed E-state index contributed by atoms with van der Waals surface area (Å²) in [7, 11) is -3.39. The summed E-state index contributed by atoms with van der Waals surface area (Å²) in [6.07, 6.45) is 0.789. The second-order valence-corrected chi connectivity index (χ2v) is 7.21. The van der Waals surface area contributed by atoms with Crippen LogP contribution in [0.2, 0.25) is 0 Å². The van der Waals surface area contributed by atoms with E-state index < -0.39 is 10.0 Å². The number of halogens is 1. The van der Waals surface area contributed by atoms with E-state index in [-0.39, 0.29) is 18.4 Å². The highest BCUT2D eigenvalue weighted by Crippen LogP contribution is 2.42. The Morgan fingerprint density at radius 3 is 2.75 bits per heavy atom. The molecule has 2 aliphatic heterocycles. The first-order valence-electron chi connectivity index (χ1n) is 6.64. The number of piperidine rings is 1. The Morgan fingerprint density at radius 2 is 2.00 bits per heavy atom. The first-order valence-corrected chi connectivity index (χ1v) is 8.12. The Hall–Kier alpha value is -0.820. The Kier molecular flexibility index (Phi) is 3.44. The second-order valence-electron chi connectivity index (χ2n) is 5.50. The summed E-state index contributed by atoms with van der Waals surface area (Å²) in [6.45, 7) is 2.50. The quantitative estimate of drug-likeness (QED) is 0.854. The molecular weight excluding hydrogens is 300 g/mol. The van der Waals surface area contributed by atoms with Crippen molar-refractivity contribution >= 4 is 22.4 Å². The molecule has 1 aliphatic carbocycles. The maximum absolute atomic E-state index is 12.3. The van der Waals surface area contributed by atoms with Crippen molar-refractivity contribution in [1.82, 2.24) is 10.0 Å². The molecule has 2 N–H and O–H groups in total. The van der Waals surface area contributed by atoms with Crippen molar-refractivity contribution in [1.29, 1.82) is 0 Å². The van der Waals surface area contributed by atoms with Crippen molar-refractivity contribution in [3.63, 3.8) is 0 Å². The molecule has 2 unspecified atom stereocenters. The maximum atomic E-state index is 12.3. The van der Waals surface area contributed by atoms with Crippen molar-refractivity contribution in [2.75, 3.05) is 19.7 Å².